The van der Waals surface area contributed by atoms with E-state index in [2.05, 4.69) is 5.10 Å². The quantitative estimate of drug-likeness (QED) is 0.743. The Morgan fingerprint density at radius 3 is 2.67 bits per heavy atom. The predicted octanol–water partition coefficient (Wildman–Crippen LogP) is 1.26. The van der Waals surface area contributed by atoms with Gasteiger partial charge in [0.05, 0.1) is 17.3 Å². The first kappa shape index (κ1) is 10.4. The number of carbonyl (C=O) groups excluding carboxylic acids is 1. The lowest BCUT2D eigenvalue weighted by Gasteiger charge is -2.31. The molecule has 2 N–H and O–H groups in total. The third-order valence-electron chi connectivity index (χ3n) is 3.17. The molecule has 0 radical (unpaired) electrons. The molecule has 0 bridgehead atoms. The first-order valence-corrected chi connectivity index (χ1v) is 5.44. The molecule has 0 saturated heterocycles. The summed E-state index contributed by atoms with van der Waals surface area (Å²) in [5.41, 5.74) is 6.16. The van der Waals surface area contributed by atoms with Crippen LogP contribution in [0.5, 0.6) is 0 Å². The highest BCUT2D eigenvalue weighted by Gasteiger charge is 2.36. The van der Waals surface area contributed by atoms with Crippen molar-refractivity contribution in [2.45, 2.75) is 37.6 Å². The molecule has 1 heterocycles. The summed E-state index contributed by atoms with van der Waals surface area (Å²) in [6.07, 6.45) is 8.27. The van der Waals surface area contributed by atoms with Crippen LogP contribution in [0.15, 0.2) is 12.4 Å². The summed E-state index contributed by atoms with van der Waals surface area (Å²) >= 11 is 0. The first-order valence-electron chi connectivity index (χ1n) is 5.44. The number of nitrogens with two attached hydrogens (primary N) is 1. The molecule has 1 fully saturated rings. The number of aromatic nitrogens is 2. The molecule has 0 amide bonds. The molecule has 1 saturated carbocycles. The smallest absolute Gasteiger partial charge is 0.185 e. The van der Waals surface area contributed by atoms with Gasteiger partial charge in [0.2, 0.25) is 0 Å². The predicted molar refractivity (Wildman–Crippen MR) is 57.5 cm³/mol. The van der Waals surface area contributed by atoms with Crippen molar-refractivity contribution in [2.24, 2.45) is 12.8 Å². The highest BCUT2D eigenvalue weighted by atomic mass is 16.1. The van der Waals surface area contributed by atoms with Crippen LogP contribution >= 0.6 is 0 Å². The minimum Gasteiger partial charge on any atom is -0.319 e. The van der Waals surface area contributed by atoms with E-state index in [1.165, 1.54) is 6.42 Å². The van der Waals surface area contributed by atoms with Gasteiger partial charge in [-0.1, -0.05) is 19.3 Å². The second-order valence-corrected chi connectivity index (χ2v) is 4.45. The maximum absolute atomic E-state index is 12.2. The summed E-state index contributed by atoms with van der Waals surface area (Å²) < 4.78 is 1.64. The molecule has 1 aliphatic carbocycles. The average molecular weight is 207 g/mol. The highest BCUT2D eigenvalue weighted by Crippen LogP contribution is 2.28. The maximum atomic E-state index is 12.2. The van der Waals surface area contributed by atoms with Crippen molar-refractivity contribution in [1.29, 1.82) is 0 Å². The normalized spacial score (nSPS) is 20.1. The third kappa shape index (κ3) is 1.95. The van der Waals surface area contributed by atoms with E-state index in [0.717, 1.165) is 25.7 Å². The van der Waals surface area contributed by atoms with Gasteiger partial charge >= 0.3 is 0 Å². The summed E-state index contributed by atoms with van der Waals surface area (Å²) in [6, 6.07) is 0. The van der Waals surface area contributed by atoms with Crippen LogP contribution in [-0.4, -0.2) is 21.1 Å². The lowest BCUT2D eigenvalue weighted by atomic mass is 9.78. The summed E-state index contributed by atoms with van der Waals surface area (Å²) in [7, 11) is 1.81. The zero-order valence-electron chi connectivity index (χ0n) is 9.07. The van der Waals surface area contributed by atoms with Crippen LogP contribution < -0.4 is 5.73 Å². The van der Waals surface area contributed by atoms with E-state index in [1.807, 2.05) is 0 Å². The molecule has 0 aromatic carbocycles. The van der Waals surface area contributed by atoms with E-state index in [9.17, 15) is 4.79 Å². The Bertz CT molecular complexity index is 364. The van der Waals surface area contributed by atoms with Crippen molar-refractivity contribution >= 4 is 5.78 Å². The fraction of sp³-hybridized carbons (Fsp3) is 0.636. The van der Waals surface area contributed by atoms with Crippen LogP contribution in [0.1, 0.15) is 42.5 Å². The Morgan fingerprint density at radius 1 is 1.47 bits per heavy atom. The summed E-state index contributed by atoms with van der Waals surface area (Å²) in [5.74, 6) is 0.0512. The lowest BCUT2D eigenvalue weighted by molar-refractivity contribution is 0.0848. The maximum Gasteiger partial charge on any atom is 0.185 e. The SMILES string of the molecule is Cn1cc(C(=O)C2(N)CCCCC2)cn1. The molecule has 4 nitrogen and oxygen atoms in total. The standard InChI is InChI=1S/C11H17N3O/c1-14-8-9(7-13-14)10(15)11(12)5-3-2-4-6-11/h7-8H,2-6,12H2,1H3. The molecule has 4 heteroatoms. The van der Waals surface area contributed by atoms with Gasteiger partial charge in [0.25, 0.3) is 0 Å². The molecule has 0 unspecified atom stereocenters. The first-order chi connectivity index (χ1) is 7.12. The lowest BCUT2D eigenvalue weighted by Crippen LogP contribution is -2.49. The number of aryl methyl sites for hydroxylation is 1. The minimum absolute atomic E-state index is 0.0512. The van der Waals surface area contributed by atoms with Gasteiger partial charge in [0.1, 0.15) is 0 Å². The Balaban J connectivity index is 2.19. The number of ketones is 1. The Hall–Kier alpha value is -1.16. The van der Waals surface area contributed by atoms with Gasteiger partial charge < -0.3 is 5.73 Å². The van der Waals surface area contributed by atoms with Crippen molar-refractivity contribution in [3.05, 3.63) is 18.0 Å². The number of carbonyl (C=O) groups is 1. The molecule has 0 aliphatic heterocycles. The van der Waals surface area contributed by atoms with Crippen LogP contribution in [0.3, 0.4) is 0 Å². The average Bonchev–Trinajstić information content (AvgIpc) is 2.65. The second-order valence-electron chi connectivity index (χ2n) is 4.45. The van der Waals surface area contributed by atoms with E-state index in [0.29, 0.717) is 5.56 Å². The number of Topliss-reactive ketones (excluding diaryl/α,β-unsaturated/α-hetero) is 1. The van der Waals surface area contributed by atoms with Gasteiger partial charge in [-0.15, -0.1) is 0 Å². The van der Waals surface area contributed by atoms with Crippen LogP contribution in [0.25, 0.3) is 0 Å². The fourth-order valence-electron chi connectivity index (χ4n) is 2.24. The molecule has 82 valence electrons. The third-order valence-corrected chi connectivity index (χ3v) is 3.17. The Morgan fingerprint density at radius 2 is 2.13 bits per heavy atom. The number of rotatable bonds is 2. The van der Waals surface area contributed by atoms with Gasteiger partial charge in [-0.3, -0.25) is 9.48 Å². The van der Waals surface area contributed by atoms with Crippen LogP contribution in [0.2, 0.25) is 0 Å². The summed E-state index contributed by atoms with van der Waals surface area (Å²) in [4.78, 5) is 12.2. The number of hydrogen-bond donors (Lipinski definition) is 1. The van der Waals surface area contributed by atoms with Crippen molar-refractivity contribution in [3.8, 4) is 0 Å². The van der Waals surface area contributed by atoms with Crippen molar-refractivity contribution < 1.29 is 4.79 Å². The number of nitrogens with zero attached hydrogens (tertiary/aromatic N) is 2. The molecule has 0 spiro atoms. The van der Waals surface area contributed by atoms with Crippen LogP contribution in [0.4, 0.5) is 0 Å². The molecular weight excluding hydrogens is 190 g/mol. The molecule has 1 aromatic heterocycles. The molecule has 15 heavy (non-hydrogen) atoms. The Labute approximate surface area is 89.5 Å². The highest BCUT2D eigenvalue weighted by molar-refractivity contribution is 6.02. The van der Waals surface area contributed by atoms with Crippen molar-refractivity contribution in [2.75, 3.05) is 0 Å². The monoisotopic (exact) mass is 207 g/mol. The van der Waals surface area contributed by atoms with Gasteiger partial charge in [-0.25, -0.2) is 0 Å². The molecular formula is C11H17N3O. The summed E-state index contributed by atoms with van der Waals surface area (Å²) in [5, 5.41) is 4.00. The zero-order valence-corrected chi connectivity index (χ0v) is 9.07. The topological polar surface area (TPSA) is 60.9 Å². The van der Waals surface area contributed by atoms with E-state index >= 15 is 0 Å². The van der Waals surface area contributed by atoms with Gasteiger partial charge in [0.15, 0.2) is 5.78 Å². The van der Waals surface area contributed by atoms with Gasteiger partial charge in [-0.05, 0) is 12.8 Å². The molecule has 2 rings (SSSR count). The number of hydrogen-bond acceptors (Lipinski definition) is 3. The van der Waals surface area contributed by atoms with E-state index in [4.69, 9.17) is 5.73 Å². The van der Waals surface area contributed by atoms with Crippen LogP contribution in [0, 0.1) is 0 Å². The van der Waals surface area contributed by atoms with Crippen molar-refractivity contribution in [3.63, 3.8) is 0 Å². The Kier molecular flexibility index (Phi) is 2.61. The van der Waals surface area contributed by atoms with Crippen LogP contribution in [-0.2, 0) is 7.05 Å². The van der Waals surface area contributed by atoms with Crippen molar-refractivity contribution in [1.82, 2.24) is 9.78 Å². The molecule has 1 aliphatic rings. The van der Waals surface area contributed by atoms with E-state index in [1.54, 1.807) is 24.1 Å². The van der Waals surface area contributed by atoms with E-state index < -0.39 is 5.54 Å². The minimum atomic E-state index is -0.638. The largest absolute Gasteiger partial charge is 0.319 e. The van der Waals surface area contributed by atoms with Gasteiger partial charge in [0, 0.05) is 13.2 Å². The zero-order chi connectivity index (χ0) is 10.9. The fourth-order valence-corrected chi connectivity index (χ4v) is 2.24. The molecule has 0 atom stereocenters. The summed E-state index contributed by atoms with van der Waals surface area (Å²) in [6.45, 7) is 0. The van der Waals surface area contributed by atoms with Gasteiger partial charge in [-0.2, -0.15) is 5.10 Å². The second kappa shape index (κ2) is 3.77. The van der Waals surface area contributed by atoms with E-state index in [-0.39, 0.29) is 5.78 Å². The molecule has 1 aromatic rings.